The summed E-state index contributed by atoms with van der Waals surface area (Å²) in [4.78, 5) is 2.19. The molecule has 0 aliphatic carbocycles. The van der Waals surface area contributed by atoms with Crippen LogP contribution in [0.3, 0.4) is 0 Å². The van der Waals surface area contributed by atoms with Crippen molar-refractivity contribution in [1.82, 2.24) is 4.90 Å². The number of aliphatic hydroxyl groups excluding tert-OH is 1. The van der Waals surface area contributed by atoms with Crippen LogP contribution in [0.4, 0.5) is 0 Å². The zero-order valence-electron chi connectivity index (χ0n) is 7.03. The number of rotatable bonds is 3. The standard InChI is InChI=1S/C10H13NO/c1-2-5-10(6-3-9-12)11-7-4-8-11/h1,3,5-6,12H,4,7-9H2/b6-3-,10-5+. The first-order valence-corrected chi connectivity index (χ1v) is 4.07. The molecule has 0 atom stereocenters. The van der Waals surface area contributed by atoms with Gasteiger partial charge in [0, 0.05) is 24.9 Å². The highest BCUT2D eigenvalue weighted by atomic mass is 16.2. The molecule has 1 saturated heterocycles. The van der Waals surface area contributed by atoms with E-state index in [1.54, 1.807) is 12.2 Å². The van der Waals surface area contributed by atoms with Crippen molar-refractivity contribution in [2.24, 2.45) is 0 Å². The molecule has 12 heavy (non-hydrogen) atoms. The third kappa shape index (κ3) is 2.14. The van der Waals surface area contributed by atoms with Crippen molar-refractivity contribution in [1.29, 1.82) is 0 Å². The fraction of sp³-hybridized carbons (Fsp3) is 0.400. The Labute approximate surface area is 73.2 Å². The Morgan fingerprint density at radius 1 is 1.58 bits per heavy atom. The average Bonchev–Trinajstić information content (AvgIpc) is 1.97. The Kier molecular flexibility index (Phi) is 3.43. The average molecular weight is 163 g/mol. The number of nitrogens with zero attached hydrogens (tertiary/aromatic N) is 1. The van der Waals surface area contributed by atoms with E-state index in [2.05, 4.69) is 10.8 Å². The molecule has 0 spiro atoms. The lowest BCUT2D eigenvalue weighted by atomic mass is 10.2. The number of hydrogen-bond donors (Lipinski definition) is 1. The predicted octanol–water partition coefficient (Wildman–Crippen LogP) is 0.758. The monoisotopic (exact) mass is 163 g/mol. The van der Waals surface area contributed by atoms with E-state index in [-0.39, 0.29) is 6.61 Å². The van der Waals surface area contributed by atoms with Gasteiger partial charge >= 0.3 is 0 Å². The zero-order chi connectivity index (χ0) is 8.81. The predicted molar refractivity (Wildman–Crippen MR) is 49.3 cm³/mol. The van der Waals surface area contributed by atoms with Gasteiger partial charge in [-0.15, -0.1) is 6.42 Å². The third-order valence-electron chi connectivity index (χ3n) is 1.85. The summed E-state index contributed by atoms with van der Waals surface area (Å²) in [5, 5.41) is 8.57. The molecule has 0 aromatic carbocycles. The molecule has 0 amide bonds. The molecule has 0 saturated carbocycles. The summed E-state index contributed by atoms with van der Waals surface area (Å²) < 4.78 is 0. The Bertz CT molecular complexity index is 231. The van der Waals surface area contributed by atoms with Crippen LogP contribution in [0.5, 0.6) is 0 Å². The van der Waals surface area contributed by atoms with E-state index in [0.717, 1.165) is 18.8 Å². The maximum Gasteiger partial charge on any atom is 0.0616 e. The fourth-order valence-corrected chi connectivity index (χ4v) is 1.08. The van der Waals surface area contributed by atoms with Crippen LogP contribution in [0.2, 0.25) is 0 Å². The molecule has 1 aliphatic heterocycles. The molecular formula is C10H13NO. The summed E-state index contributed by atoms with van der Waals surface area (Å²) in [7, 11) is 0. The van der Waals surface area contributed by atoms with Crippen LogP contribution in [-0.2, 0) is 0 Å². The number of terminal acetylenes is 1. The summed E-state index contributed by atoms with van der Waals surface area (Å²) in [6, 6.07) is 0. The number of allylic oxidation sites excluding steroid dienone is 2. The maximum atomic E-state index is 8.57. The first-order valence-electron chi connectivity index (χ1n) is 4.07. The molecule has 0 radical (unpaired) electrons. The molecule has 2 heteroatoms. The molecular weight excluding hydrogens is 150 g/mol. The van der Waals surface area contributed by atoms with Gasteiger partial charge in [-0.05, 0) is 12.5 Å². The van der Waals surface area contributed by atoms with Gasteiger partial charge in [0.15, 0.2) is 0 Å². The van der Waals surface area contributed by atoms with E-state index in [1.165, 1.54) is 6.42 Å². The van der Waals surface area contributed by atoms with Gasteiger partial charge in [-0.1, -0.05) is 12.0 Å². The Hall–Kier alpha value is -1.20. The number of hydrogen-bond acceptors (Lipinski definition) is 2. The summed E-state index contributed by atoms with van der Waals surface area (Å²) in [6.45, 7) is 2.21. The van der Waals surface area contributed by atoms with E-state index in [1.807, 2.05) is 6.08 Å². The molecule has 1 fully saturated rings. The molecule has 0 bridgehead atoms. The van der Waals surface area contributed by atoms with Crippen molar-refractivity contribution in [2.75, 3.05) is 19.7 Å². The highest BCUT2D eigenvalue weighted by Gasteiger charge is 2.13. The molecule has 1 aliphatic rings. The van der Waals surface area contributed by atoms with Crippen molar-refractivity contribution < 1.29 is 5.11 Å². The van der Waals surface area contributed by atoms with Gasteiger partial charge in [0.05, 0.1) is 6.61 Å². The summed E-state index contributed by atoms with van der Waals surface area (Å²) in [5.41, 5.74) is 1.03. The summed E-state index contributed by atoms with van der Waals surface area (Å²) in [6.07, 6.45) is 11.7. The molecule has 64 valence electrons. The van der Waals surface area contributed by atoms with Crippen LogP contribution in [-0.4, -0.2) is 29.7 Å². The Morgan fingerprint density at radius 3 is 2.75 bits per heavy atom. The topological polar surface area (TPSA) is 23.5 Å². The maximum absolute atomic E-state index is 8.57. The molecule has 0 aromatic heterocycles. The lowest BCUT2D eigenvalue weighted by Crippen LogP contribution is -2.35. The van der Waals surface area contributed by atoms with Crippen molar-refractivity contribution >= 4 is 0 Å². The van der Waals surface area contributed by atoms with Crippen LogP contribution in [0.15, 0.2) is 23.9 Å². The number of aliphatic hydroxyl groups is 1. The SMILES string of the molecule is C#C/C=C(\C=C/CO)N1CCC1. The van der Waals surface area contributed by atoms with E-state index < -0.39 is 0 Å². The highest BCUT2D eigenvalue weighted by molar-refractivity contribution is 5.27. The van der Waals surface area contributed by atoms with Crippen molar-refractivity contribution in [2.45, 2.75) is 6.42 Å². The minimum absolute atomic E-state index is 0.0652. The second-order valence-corrected chi connectivity index (χ2v) is 2.66. The van der Waals surface area contributed by atoms with Crippen LogP contribution < -0.4 is 0 Å². The third-order valence-corrected chi connectivity index (χ3v) is 1.85. The lowest BCUT2D eigenvalue weighted by Gasteiger charge is -2.33. The van der Waals surface area contributed by atoms with E-state index in [0.29, 0.717) is 0 Å². The van der Waals surface area contributed by atoms with Crippen molar-refractivity contribution in [3.8, 4) is 12.3 Å². The van der Waals surface area contributed by atoms with Crippen LogP contribution in [0.25, 0.3) is 0 Å². The molecule has 0 aromatic rings. The van der Waals surface area contributed by atoms with Crippen molar-refractivity contribution in [3.63, 3.8) is 0 Å². The van der Waals surface area contributed by atoms with Gasteiger partial charge in [0.2, 0.25) is 0 Å². The number of likely N-dealkylation sites (tertiary alicyclic amines) is 1. The smallest absolute Gasteiger partial charge is 0.0616 e. The first-order chi connectivity index (χ1) is 5.88. The quantitative estimate of drug-likeness (QED) is 0.490. The molecule has 0 unspecified atom stereocenters. The molecule has 1 heterocycles. The minimum atomic E-state index is 0.0652. The van der Waals surface area contributed by atoms with Gasteiger partial charge in [0.1, 0.15) is 0 Å². The van der Waals surface area contributed by atoms with Crippen LogP contribution >= 0.6 is 0 Å². The summed E-state index contributed by atoms with van der Waals surface area (Å²) >= 11 is 0. The van der Waals surface area contributed by atoms with E-state index in [9.17, 15) is 0 Å². The molecule has 2 nitrogen and oxygen atoms in total. The van der Waals surface area contributed by atoms with Gasteiger partial charge < -0.3 is 10.0 Å². The normalized spacial score (nSPS) is 17.7. The molecule has 1 rings (SSSR count). The van der Waals surface area contributed by atoms with Gasteiger partial charge in [-0.3, -0.25) is 0 Å². The van der Waals surface area contributed by atoms with Gasteiger partial charge in [-0.2, -0.15) is 0 Å². The van der Waals surface area contributed by atoms with Crippen LogP contribution in [0, 0.1) is 12.3 Å². The first kappa shape index (κ1) is 8.89. The Balaban J connectivity index is 2.55. The lowest BCUT2D eigenvalue weighted by molar-refractivity contribution is 0.246. The van der Waals surface area contributed by atoms with Crippen LogP contribution in [0.1, 0.15) is 6.42 Å². The second-order valence-electron chi connectivity index (χ2n) is 2.66. The highest BCUT2D eigenvalue weighted by Crippen LogP contribution is 2.14. The molecule has 1 N–H and O–H groups in total. The fourth-order valence-electron chi connectivity index (χ4n) is 1.08. The van der Waals surface area contributed by atoms with Crippen molar-refractivity contribution in [3.05, 3.63) is 23.9 Å². The second kappa shape index (κ2) is 4.63. The Morgan fingerprint density at radius 2 is 2.33 bits per heavy atom. The van der Waals surface area contributed by atoms with E-state index in [4.69, 9.17) is 11.5 Å². The van der Waals surface area contributed by atoms with E-state index >= 15 is 0 Å². The largest absolute Gasteiger partial charge is 0.392 e. The van der Waals surface area contributed by atoms with Gasteiger partial charge in [0.25, 0.3) is 0 Å². The zero-order valence-corrected chi connectivity index (χ0v) is 7.03. The van der Waals surface area contributed by atoms with Gasteiger partial charge in [-0.25, -0.2) is 0 Å². The summed E-state index contributed by atoms with van der Waals surface area (Å²) in [5.74, 6) is 2.49. The minimum Gasteiger partial charge on any atom is -0.392 e.